The molecule has 0 spiro atoms. The number of ketones is 1. The molecule has 0 radical (unpaired) electrons. The highest BCUT2D eigenvalue weighted by molar-refractivity contribution is 9.10. The Kier molecular flexibility index (Phi) is 4.59. The topological polar surface area (TPSA) is 80.4 Å². The van der Waals surface area contributed by atoms with Gasteiger partial charge in [-0.1, -0.05) is 21.1 Å². The number of halogens is 1. The molecule has 7 heteroatoms. The molecule has 120 valence electrons. The molecule has 2 aromatic rings. The lowest BCUT2D eigenvalue weighted by Crippen LogP contribution is -2.12. The van der Waals surface area contributed by atoms with E-state index in [1.165, 1.54) is 0 Å². The first-order valence-corrected chi connectivity index (χ1v) is 9.26. The van der Waals surface area contributed by atoms with Crippen LogP contribution in [0.3, 0.4) is 0 Å². The van der Waals surface area contributed by atoms with Crippen molar-refractivity contribution in [2.24, 2.45) is 0 Å². The second-order valence-electron chi connectivity index (χ2n) is 5.41. The maximum Gasteiger partial charge on any atom is 0.358 e. The normalized spacial score (nSPS) is 14.0. The SMILES string of the molecule is CSCc1cc(Br)ccc1C(=O)c1c(C(=O)O)noc1C1CC1. The minimum Gasteiger partial charge on any atom is -0.476 e. The predicted molar refractivity (Wildman–Crippen MR) is 90.2 cm³/mol. The molecule has 0 atom stereocenters. The van der Waals surface area contributed by atoms with Crippen molar-refractivity contribution in [1.82, 2.24) is 5.16 Å². The Hall–Kier alpha value is -1.60. The Morgan fingerprint density at radius 1 is 1.43 bits per heavy atom. The lowest BCUT2D eigenvalue weighted by Gasteiger charge is -2.09. The van der Waals surface area contributed by atoms with Crippen molar-refractivity contribution in [2.45, 2.75) is 24.5 Å². The van der Waals surface area contributed by atoms with Crippen LogP contribution >= 0.6 is 27.7 Å². The van der Waals surface area contributed by atoms with Crippen molar-refractivity contribution >= 4 is 39.4 Å². The average molecular weight is 396 g/mol. The third-order valence-corrected chi connectivity index (χ3v) is 4.80. The van der Waals surface area contributed by atoms with E-state index in [4.69, 9.17) is 4.52 Å². The van der Waals surface area contributed by atoms with E-state index < -0.39 is 5.97 Å². The summed E-state index contributed by atoms with van der Waals surface area (Å²) in [5, 5.41) is 12.9. The molecule has 5 nitrogen and oxygen atoms in total. The van der Waals surface area contributed by atoms with E-state index in [2.05, 4.69) is 21.1 Å². The molecule has 0 bridgehead atoms. The zero-order chi connectivity index (χ0) is 16.6. The van der Waals surface area contributed by atoms with Crippen LogP contribution in [0.5, 0.6) is 0 Å². The number of benzene rings is 1. The van der Waals surface area contributed by atoms with Crippen molar-refractivity contribution in [1.29, 1.82) is 0 Å². The second kappa shape index (κ2) is 6.49. The summed E-state index contributed by atoms with van der Waals surface area (Å²) in [5.41, 5.74) is 1.16. The monoisotopic (exact) mass is 395 g/mol. The van der Waals surface area contributed by atoms with Crippen molar-refractivity contribution in [2.75, 3.05) is 6.26 Å². The maximum atomic E-state index is 13.0. The fourth-order valence-electron chi connectivity index (χ4n) is 2.49. The standard InChI is InChI=1S/C16H14BrNO4S/c1-23-7-9-6-10(17)4-5-11(9)14(19)12-13(16(20)21)18-22-15(12)8-2-3-8/h4-6,8H,2-3,7H2,1H3,(H,20,21). The number of aromatic nitrogens is 1. The van der Waals surface area contributed by atoms with Crippen molar-refractivity contribution in [3.8, 4) is 0 Å². The molecule has 23 heavy (non-hydrogen) atoms. The highest BCUT2D eigenvalue weighted by Gasteiger charge is 2.37. The Labute approximate surface area is 145 Å². The molecule has 0 saturated heterocycles. The van der Waals surface area contributed by atoms with Gasteiger partial charge in [0, 0.05) is 21.7 Å². The van der Waals surface area contributed by atoms with Gasteiger partial charge in [0.2, 0.25) is 5.69 Å². The zero-order valence-corrected chi connectivity index (χ0v) is 14.7. The first-order chi connectivity index (χ1) is 11.0. The summed E-state index contributed by atoms with van der Waals surface area (Å²) in [6.07, 6.45) is 3.74. The summed E-state index contributed by atoms with van der Waals surface area (Å²) in [6, 6.07) is 5.38. The van der Waals surface area contributed by atoms with Gasteiger partial charge in [0.25, 0.3) is 0 Å². The molecule has 1 N–H and O–H groups in total. The molecule has 0 unspecified atom stereocenters. The van der Waals surface area contributed by atoms with Crippen molar-refractivity contribution in [3.05, 3.63) is 50.8 Å². The molecule has 1 aliphatic rings. The van der Waals surface area contributed by atoms with E-state index >= 15 is 0 Å². The van der Waals surface area contributed by atoms with Crippen LogP contribution in [0.15, 0.2) is 27.2 Å². The summed E-state index contributed by atoms with van der Waals surface area (Å²) in [6.45, 7) is 0. The Morgan fingerprint density at radius 3 is 2.78 bits per heavy atom. The lowest BCUT2D eigenvalue weighted by molar-refractivity contribution is 0.0682. The van der Waals surface area contributed by atoms with E-state index in [0.717, 1.165) is 22.9 Å². The molecular weight excluding hydrogens is 382 g/mol. The highest BCUT2D eigenvalue weighted by Crippen LogP contribution is 2.43. The molecule has 1 heterocycles. The molecule has 3 rings (SSSR count). The first kappa shape index (κ1) is 16.3. The van der Waals surface area contributed by atoms with Gasteiger partial charge in [-0.25, -0.2) is 4.79 Å². The molecule has 1 saturated carbocycles. The first-order valence-electron chi connectivity index (χ1n) is 7.07. The number of nitrogens with zero attached hydrogens (tertiary/aromatic N) is 1. The number of aromatic carboxylic acids is 1. The van der Waals surface area contributed by atoms with Crippen LogP contribution in [0.1, 0.15) is 56.5 Å². The lowest BCUT2D eigenvalue weighted by atomic mass is 9.96. The predicted octanol–water partition coefficient (Wildman–Crippen LogP) is 4.11. The summed E-state index contributed by atoms with van der Waals surface area (Å²) in [5.74, 6) is -0.401. The third kappa shape index (κ3) is 3.21. The Bertz CT molecular complexity index is 782. The van der Waals surface area contributed by atoms with Gasteiger partial charge >= 0.3 is 5.97 Å². The van der Waals surface area contributed by atoms with Crippen LogP contribution in [0.25, 0.3) is 0 Å². The highest BCUT2D eigenvalue weighted by atomic mass is 79.9. The number of carbonyl (C=O) groups is 2. The molecule has 0 aliphatic heterocycles. The summed E-state index contributed by atoms with van der Waals surface area (Å²) >= 11 is 5.00. The third-order valence-electron chi connectivity index (χ3n) is 3.71. The number of carboxylic acid groups (broad SMARTS) is 1. The number of rotatable bonds is 6. The number of hydrogen-bond donors (Lipinski definition) is 1. The van der Waals surface area contributed by atoms with Gasteiger partial charge in [-0.15, -0.1) is 0 Å². The second-order valence-corrected chi connectivity index (χ2v) is 7.20. The van der Waals surface area contributed by atoms with Gasteiger partial charge < -0.3 is 9.63 Å². The van der Waals surface area contributed by atoms with Crippen LogP contribution in [0.4, 0.5) is 0 Å². The Morgan fingerprint density at radius 2 is 2.17 bits per heavy atom. The van der Waals surface area contributed by atoms with Crippen LogP contribution < -0.4 is 0 Å². The average Bonchev–Trinajstić information content (AvgIpc) is 3.25. The Balaban J connectivity index is 2.10. The molecule has 1 aromatic carbocycles. The molecular formula is C16H14BrNO4S. The summed E-state index contributed by atoms with van der Waals surface area (Å²) in [7, 11) is 0. The fourth-order valence-corrected chi connectivity index (χ4v) is 3.44. The van der Waals surface area contributed by atoms with E-state index in [0.29, 0.717) is 17.1 Å². The van der Waals surface area contributed by atoms with E-state index in [-0.39, 0.29) is 23.0 Å². The summed E-state index contributed by atoms with van der Waals surface area (Å²) in [4.78, 5) is 24.4. The minimum absolute atomic E-state index is 0.102. The van der Waals surface area contributed by atoms with Gasteiger partial charge in [0.1, 0.15) is 5.56 Å². The summed E-state index contributed by atoms with van der Waals surface area (Å²) < 4.78 is 6.06. The number of hydrogen-bond acceptors (Lipinski definition) is 5. The van der Waals surface area contributed by atoms with Crippen LogP contribution in [0.2, 0.25) is 0 Å². The smallest absolute Gasteiger partial charge is 0.358 e. The molecule has 0 amide bonds. The van der Waals surface area contributed by atoms with Gasteiger partial charge in [0.05, 0.1) is 0 Å². The minimum atomic E-state index is -1.24. The van der Waals surface area contributed by atoms with Gasteiger partial charge in [-0.05, 0) is 42.9 Å². The number of carboxylic acids is 1. The van der Waals surface area contributed by atoms with Crippen LogP contribution in [0, 0.1) is 0 Å². The van der Waals surface area contributed by atoms with E-state index in [1.54, 1.807) is 23.9 Å². The maximum absolute atomic E-state index is 13.0. The van der Waals surface area contributed by atoms with Crippen LogP contribution in [-0.2, 0) is 5.75 Å². The molecule has 1 aliphatic carbocycles. The van der Waals surface area contributed by atoms with Crippen molar-refractivity contribution in [3.63, 3.8) is 0 Å². The van der Waals surface area contributed by atoms with E-state index in [9.17, 15) is 14.7 Å². The molecule has 1 fully saturated rings. The van der Waals surface area contributed by atoms with Gasteiger partial charge in [-0.3, -0.25) is 4.79 Å². The zero-order valence-electron chi connectivity index (χ0n) is 12.3. The van der Waals surface area contributed by atoms with E-state index in [1.807, 2.05) is 12.3 Å². The number of thioether (sulfide) groups is 1. The quantitative estimate of drug-likeness (QED) is 0.741. The van der Waals surface area contributed by atoms with Crippen LogP contribution in [-0.4, -0.2) is 28.3 Å². The number of carbonyl (C=O) groups excluding carboxylic acids is 1. The van der Waals surface area contributed by atoms with Gasteiger partial charge in [0.15, 0.2) is 11.5 Å². The van der Waals surface area contributed by atoms with Crippen molar-refractivity contribution < 1.29 is 19.2 Å². The van der Waals surface area contributed by atoms with Gasteiger partial charge in [-0.2, -0.15) is 11.8 Å². The largest absolute Gasteiger partial charge is 0.476 e. The molecule has 1 aromatic heterocycles. The fraction of sp³-hybridized carbons (Fsp3) is 0.312.